The number of aliphatic imine (C=N–C) groups is 1. The summed E-state index contributed by atoms with van der Waals surface area (Å²) in [6.07, 6.45) is 4.05. The molecule has 0 atom stereocenters. The summed E-state index contributed by atoms with van der Waals surface area (Å²) in [6.45, 7) is 4.05. The molecule has 0 aliphatic carbocycles. The zero-order valence-corrected chi connectivity index (χ0v) is 16.6. The van der Waals surface area contributed by atoms with Crippen LogP contribution in [-0.4, -0.2) is 24.1 Å². The maximum Gasteiger partial charge on any atom is 0.191 e. The van der Waals surface area contributed by atoms with E-state index in [1.807, 2.05) is 31.5 Å². The molecular weight excluding hydrogens is 434 g/mol. The van der Waals surface area contributed by atoms with Gasteiger partial charge in [-0.3, -0.25) is 4.99 Å². The lowest BCUT2D eigenvalue weighted by molar-refractivity contribution is 0.533. The molecule has 134 valence electrons. The Labute approximate surface area is 163 Å². The smallest absolute Gasteiger partial charge is 0.191 e. The van der Waals surface area contributed by atoms with Crippen molar-refractivity contribution in [2.45, 2.75) is 20.0 Å². The molecule has 1 aromatic carbocycles. The van der Waals surface area contributed by atoms with Gasteiger partial charge in [-0.25, -0.2) is 4.39 Å². The fourth-order valence-corrected chi connectivity index (χ4v) is 2.62. The molecule has 0 bridgehead atoms. The number of furan rings is 1. The van der Waals surface area contributed by atoms with Crippen molar-refractivity contribution in [2.24, 2.45) is 4.99 Å². The molecule has 0 aliphatic heterocycles. The van der Waals surface area contributed by atoms with Crippen LogP contribution in [0.3, 0.4) is 0 Å². The molecule has 3 rings (SSSR count). The first-order valence-electron chi connectivity index (χ1n) is 7.90. The van der Waals surface area contributed by atoms with Gasteiger partial charge in [-0.05, 0) is 37.3 Å². The quantitative estimate of drug-likeness (QED) is 0.350. The van der Waals surface area contributed by atoms with Crippen LogP contribution in [0.2, 0.25) is 0 Å². The zero-order chi connectivity index (χ0) is 16.9. The van der Waals surface area contributed by atoms with Crippen molar-refractivity contribution in [3.8, 4) is 0 Å². The van der Waals surface area contributed by atoms with Crippen LogP contribution < -0.4 is 10.6 Å². The van der Waals surface area contributed by atoms with E-state index in [0.29, 0.717) is 18.1 Å². The summed E-state index contributed by atoms with van der Waals surface area (Å²) in [7, 11) is 1.73. The maximum absolute atomic E-state index is 13.4. The summed E-state index contributed by atoms with van der Waals surface area (Å²) in [6, 6.07) is 8.57. The Bertz CT molecular complexity index is 842. The molecule has 2 aromatic heterocycles. The number of hydrogen-bond acceptors (Lipinski definition) is 2. The molecular formula is C18H22FIN4O. The molecule has 0 saturated carbocycles. The van der Waals surface area contributed by atoms with E-state index in [2.05, 4.69) is 20.2 Å². The van der Waals surface area contributed by atoms with Crippen molar-refractivity contribution in [3.05, 3.63) is 59.9 Å². The van der Waals surface area contributed by atoms with E-state index in [0.717, 1.165) is 29.8 Å². The number of fused-ring (bicyclic) bond motifs is 1. The largest absolute Gasteiger partial charge is 0.459 e. The Morgan fingerprint density at radius 2 is 2.00 bits per heavy atom. The van der Waals surface area contributed by atoms with Crippen molar-refractivity contribution in [3.63, 3.8) is 0 Å². The highest BCUT2D eigenvalue weighted by molar-refractivity contribution is 14.0. The van der Waals surface area contributed by atoms with Crippen molar-refractivity contribution >= 4 is 40.9 Å². The minimum Gasteiger partial charge on any atom is -0.459 e. The first-order chi connectivity index (χ1) is 11.7. The average molecular weight is 456 g/mol. The molecule has 0 fully saturated rings. The lowest BCUT2D eigenvalue weighted by atomic mass is 10.1. The fraction of sp³-hybridized carbons (Fsp3) is 0.278. The van der Waals surface area contributed by atoms with E-state index in [1.54, 1.807) is 13.1 Å². The highest BCUT2D eigenvalue weighted by atomic mass is 127. The summed E-state index contributed by atoms with van der Waals surface area (Å²) in [5.41, 5.74) is 1.64. The molecule has 3 aromatic rings. The van der Waals surface area contributed by atoms with Gasteiger partial charge in [-0.15, -0.1) is 24.0 Å². The SMILES string of the molecule is CN=C(NCCn1cccc1)NCc1oc2ccc(F)cc2c1C.I. The number of guanidine groups is 1. The second-order valence-corrected chi connectivity index (χ2v) is 5.56. The molecule has 7 heteroatoms. The van der Waals surface area contributed by atoms with Crippen molar-refractivity contribution in [2.75, 3.05) is 13.6 Å². The van der Waals surface area contributed by atoms with Gasteiger partial charge in [0.1, 0.15) is 17.2 Å². The van der Waals surface area contributed by atoms with Gasteiger partial charge < -0.3 is 19.6 Å². The minimum absolute atomic E-state index is 0. The van der Waals surface area contributed by atoms with E-state index in [1.165, 1.54) is 12.1 Å². The Balaban J connectivity index is 0.00000225. The third kappa shape index (κ3) is 4.75. The fourth-order valence-electron chi connectivity index (χ4n) is 2.62. The molecule has 0 saturated heterocycles. The van der Waals surface area contributed by atoms with Crippen molar-refractivity contribution < 1.29 is 8.81 Å². The van der Waals surface area contributed by atoms with Gasteiger partial charge in [0.05, 0.1) is 6.54 Å². The number of hydrogen-bond donors (Lipinski definition) is 2. The van der Waals surface area contributed by atoms with Crippen LogP contribution in [0.15, 0.2) is 52.1 Å². The van der Waals surface area contributed by atoms with Gasteiger partial charge >= 0.3 is 0 Å². The first-order valence-corrected chi connectivity index (χ1v) is 7.90. The van der Waals surface area contributed by atoms with Crippen LogP contribution in [-0.2, 0) is 13.1 Å². The molecule has 25 heavy (non-hydrogen) atoms. The standard InChI is InChI=1S/C18H21FN4O.HI/c1-13-15-11-14(19)5-6-16(15)24-17(13)12-22-18(20-2)21-7-10-23-8-3-4-9-23;/h3-6,8-9,11H,7,10,12H2,1-2H3,(H2,20,21,22);1H. The zero-order valence-electron chi connectivity index (χ0n) is 14.3. The molecule has 5 nitrogen and oxygen atoms in total. The summed E-state index contributed by atoms with van der Waals surface area (Å²) in [5.74, 6) is 1.23. The third-order valence-electron chi connectivity index (χ3n) is 3.97. The number of nitrogens with zero attached hydrogens (tertiary/aromatic N) is 2. The van der Waals surface area contributed by atoms with Gasteiger partial charge in [-0.2, -0.15) is 0 Å². The van der Waals surface area contributed by atoms with Crippen LogP contribution in [0.25, 0.3) is 11.0 Å². The van der Waals surface area contributed by atoms with E-state index < -0.39 is 0 Å². The number of nitrogens with one attached hydrogen (secondary N) is 2. The van der Waals surface area contributed by atoms with E-state index >= 15 is 0 Å². The number of rotatable bonds is 5. The molecule has 0 aliphatic rings. The first kappa shape index (κ1) is 19.3. The van der Waals surface area contributed by atoms with E-state index in [4.69, 9.17) is 4.42 Å². The van der Waals surface area contributed by atoms with Crippen LogP contribution in [0.5, 0.6) is 0 Å². The molecule has 2 N–H and O–H groups in total. The van der Waals surface area contributed by atoms with E-state index in [9.17, 15) is 4.39 Å². The summed E-state index contributed by atoms with van der Waals surface area (Å²) >= 11 is 0. The molecule has 0 amide bonds. The third-order valence-corrected chi connectivity index (χ3v) is 3.97. The number of aromatic nitrogens is 1. The second-order valence-electron chi connectivity index (χ2n) is 5.56. The number of aryl methyl sites for hydroxylation is 1. The van der Waals surface area contributed by atoms with Crippen molar-refractivity contribution in [1.29, 1.82) is 0 Å². The Morgan fingerprint density at radius 3 is 2.72 bits per heavy atom. The second kappa shape index (κ2) is 8.89. The Morgan fingerprint density at radius 1 is 1.24 bits per heavy atom. The highest BCUT2D eigenvalue weighted by Gasteiger charge is 2.11. The van der Waals surface area contributed by atoms with Crippen LogP contribution in [0, 0.1) is 12.7 Å². The summed E-state index contributed by atoms with van der Waals surface area (Å²) < 4.78 is 21.3. The maximum atomic E-state index is 13.4. The van der Waals surface area contributed by atoms with E-state index in [-0.39, 0.29) is 29.8 Å². The molecule has 0 spiro atoms. The highest BCUT2D eigenvalue weighted by Crippen LogP contribution is 2.25. The Hall–Kier alpha value is -2.03. The topological polar surface area (TPSA) is 54.5 Å². The lowest BCUT2D eigenvalue weighted by Gasteiger charge is -2.11. The molecule has 0 unspecified atom stereocenters. The predicted molar refractivity (Wildman–Crippen MR) is 109 cm³/mol. The van der Waals surface area contributed by atoms with Crippen LogP contribution in [0.1, 0.15) is 11.3 Å². The molecule has 2 heterocycles. The van der Waals surface area contributed by atoms with Crippen molar-refractivity contribution in [1.82, 2.24) is 15.2 Å². The molecule has 0 radical (unpaired) electrons. The van der Waals surface area contributed by atoms with Gasteiger partial charge in [0.25, 0.3) is 0 Å². The van der Waals surface area contributed by atoms with Crippen LogP contribution >= 0.6 is 24.0 Å². The van der Waals surface area contributed by atoms with Gasteiger partial charge in [-0.1, -0.05) is 0 Å². The normalized spacial score (nSPS) is 11.4. The number of benzene rings is 1. The number of halogens is 2. The monoisotopic (exact) mass is 456 g/mol. The van der Waals surface area contributed by atoms with Gasteiger partial charge in [0.2, 0.25) is 0 Å². The summed E-state index contributed by atoms with van der Waals surface area (Å²) in [4.78, 5) is 4.20. The van der Waals surface area contributed by atoms with Crippen LogP contribution in [0.4, 0.5) is 4.39 Å². The van der Waals surface area contributed by atoms with Gasteiger partial charge in [0.15, 0.2) is 5.96 Å². The average Bonchev–Trinajstić information content (AvgIpc) is 3.20. The Kier molecular flexibility index (Phi) is 6.86. The predicted octanol–water partition coefficient (Wildman–Crippen LogP) is 3.67. The lowest BCUT2D eigenvalue weighted by Crippen LogP contribution is -2.38. The minimum atomic E-state index is -0.256. The summed E-state index contributed by atoms with van der Waals surface area (Å²) in [5, 5.41) is 7.29. The van der Waals surface area contributed by atoms with Gasteiger partial charge in [0, 0.05) is 43.5 Å².